The summed E-state index contributed by atoms with van der Waals surface area (Å²) in [5.41, 5.74) is 1.92. The number of carbonyl (C=O) groups is 1. The van der Waals surface area contributed by atoms with Crippen LogP contribution < -0.4 is 0 Å². The molecule has 2 saturated carbocycles. The molecule has 3 aliphatic carbocycles. The Kier molecular flexibility index (Phi) is 7.14. The van der Waals surface area contributed by atoms with Crippen LogP contribution in [0, 0.1) is 28.1 Å². The van der Waals surface area contributed by atoms with Gasteiger partial charge in [0.05, 0.1) is 43.5 Å². The first kappa shape index (κ1) is 29.1. The van der Waals surface area contributed by atoms with E-state index in [4.69, 9.17) is 23.4 Å². The molecule has 226 valence electrons. The number of carbonyl (C=O) groups excluding carboxylic acids is 1. The van der Waals surface area contributed by atoms with Crippen molar-refractivity contribution in [3.05, 3.63) is 47.0 Å². The van der Waals surface area contributed by atoms with Crippen molar-refractivity contribution in [2.24, 2.45) is 28.1 Å². The van der Waals surface area contributed by atoms with E-state index in [2.05, 4.69) is 27.7 Å². The third kappa shape index (κ3) is 3.93. The van der Waals surface area contributed by atoms with Crippen molar-refractivity contribution in [3.8, 4) is 0 Å². The zero-order valence-electron chi connectivity index (χ0n) is 25.4. The molecule has 8 nitrogen and oxygen atoms in total. The van der Waals surface area contributed by atoms with Crippen LogP contribution in [0.1, 0.15) is 79.2 Å². The molecule has 2 saturated heterocycles. The lowest BCUT2D eigenvalue weighted by molar-refractivity contribution is -0.258. The number of hydrogen-bond acceptors (Lipinski definition) is 8. The smallest absolute Gasteiger partial charge is 0.333 e. The normalized spacial score (nSPS) is 47.4. The maximum atomic E-state index is 13.3. The molecule has 6 rings (SSSR count). The zero-order chi connectivity index (χ0) is 29.5. The summed E-state index contributed by atoms with van der Waals surface area (Å²) in [6.07, 6.45) is 3.41. The number of ether oxygens (including phenoxy) is 4. The van der Waals surface area contributed by atoms with Crippen LogP contribution in [0.4, 0.5) is 0 Å². The standard InChI is InChI=1S/C33H46O8/c1-8-17(3)30(36)41-24-14-23(34)31(5)16-39-27-28(31)32(24,6)22-13-25(38-9-2)40-21-12-20(19-10-11-37-15-19)18(4)26(21)33(22,7)29(27)35/h8,10-11,15,20-25,27-29,34-35H,9,12-14,16H2,1-7H3/b17-8+/t20-,21?,22-,23-,24+,25-,27-,28+,29-,31-,32+,33-/m0/s1. The second-order valence-electron chi connectivity index (χ2n) is 13.7. The summed E-state index contributed by atoms with van der Waals surface area (Å²) in [4.78, 5) is 13.3. The fourth-order valence-electron chi connectivity index (χ4n) is 9.83. The van der Waals surface area contributed by atoms with Gasteiger partial charge in [0.25, 0.3) is 0 Å². The van der Waals surface area contributed by atoms with Crippen LogP contribution in [0.25, 0.3) is 0 Å². The molecule has 12 atom stereocenters. The predicted molar refractivity (Wildman–Crippen MR) is 151 cm³/mol. The summed E-state index contributed by atoms with van der Waals surface area (Å²) in [7, 11) is 0. The monoisotopic (exact) mass is 570 g/mol. The minimum atomic E-state index is -0.842. The third-order valence-corrected chi connectivity index (χ3v) is 11.9. The molecule has 0 radical (unpaired) electrons. The van der Waals surface area contributed by atoms with Gasteiger partial charge in [-0.3, -0.25) is 0 Å². The topological polar surface area (TPSA) is 108 Å². The summed E-state index contributed by atoms with van der Waals surface area (Å²) < 4.78 is 31.3. The Balaban J connectivity index is 1.55. The molecule has 0 aromatic carbocycles. The average molecular weight is 571 g/mol. The minimum absolute atomic E-state index is 0.0956. The summed E-state index contributed by atoms with van der Waals surface area (Å²) in [5, 5.41) is 24.0. The largest absolute Gasteiger partial charge is 0.472 e. The Bertz CT molecular complexity index is 1240. The van der Waals surface area contributed by atoms with E-state index in [0.29, 0.717) is 31.6 Å². The van der Waals surface area contributed by atoms with E-state index in [-0.39, 0.29) is 29.8 Å². The van der Waals surface area contributed by atoms with Crippen LogP contribution in [0.5, 0.6) is 0 Å². The molecule has 2 N–H and O–H groups in total. The van der Waals surface area contributed by atoms with Crippen molar-refractivity contribution in [1.82, 2.24) is 0 Å². The molecule has 41 heavy (non-hydrogen) atoms. The average Bonchev–Trinajstić information content (AvgIpc) is 3.65. The number of fused-ring (bicyclic) bond motifs is 4. The van der Waals surface area contributed by atoms with Gasteiger partial charge >= 0.3 is 5.97 Å². The molecule has 3 heterocycles. The Morgan fingerprint density at radius 2 is 1.95 bits per heavy atom. The molecule has 2 aliphatic heterocycles. The Morgan fingerprint density at radius 3 is 2.61 bits per heavy atom. The highest BCUT2D eigenvalue weighted by molar-refractivity contribution is 5.87. The fourth-order valence-corrected chi connectivity index (χ4v) is 9.83. The van der Waals surface area contributed by atoms with Gasteiger partial charge in [-0.2, -0.15) is 0 Å². The van der Waals surface area contributed by atoms with Gasteiger partial charge in [-0.15, -0.1) is 0 Å². The number of furan rings is 1. The highest BCUT2D eigenvalue weighted by atomic mass is 16.7. The number of allylic oxidation sites excluding steroid dienone is 2. The first-order valence-corrected chi connectivity index (χ1v) is 15.2. The molecule has 1 unspecified atom stereocenters. The van der Waals surface area contributed by atoms with Crippen molar-refractivity contribution >= 4 is 5.97 Å². The van der Waals surface area contributed by atoms with Gasteiger partial charge in [-0.05, 0) is 57.2 Å². The highest BCUT2D eigenvalue weighted by Crippen LogP contribution is 2.72. The summed E-state index contributed by atoms with van der Waals surface area (Å²) in [6, 6.07) is 2.00. The van der Waals surface area contributed by atoms with E-state index >= 15 is 0 Å². The van der Waals surface area contributed by atoms with Crippen LogP contribution in [0.15, 0.2) is 45.8 Å². The lowest BCUT2D eigenvalue weighted by Crippen LogP contribution is -2.71. The van der Waals surface area contributed by atoms with Gasteiger partial charge in [-0.1, -0.05) is 32.4 Å². The van der Waals surface area contributed by atoms with E-state index in [9.17, 15) is 15.0 Å². The first-order chi connectivity index (χ1) is 19.4. The van der Waals surface area contributed by atoms with Gasteiger partial charge in [0.1, 0.15) is 6.10 Å². The van der Waals surface area contributed by atoms with E-state index in [1.54, 1.807) is 25.5 Å². The van der Waals surface area contributed by atoms with E-state index in [0.717, 1.165) is 17.6 Å². The molecule has 0 bridgehead atoms. The second-order valence-corrected chi connectivity index (χ2v) is 13.7. The summed E-state index contributed by atoms with van der Waals surface area (Å²) in [6.45, 7) is 15.0. The third-order valence-electron chi connectivity index (χ3n) is 11.9. The predicted octanol–water partition coefficient (Wildman–Crippen LogP) is 4.90. The van der Waals surface area contributed by atoms with E-state index in [1.165, 1.54) is 5.57 Å². The molecule has 4 fully saturated rings. The van der Waals surface area contributed by atoms with Gasteiger partial charge < -0.3 is 33.6 Å². The molecule has 0 amide bonds. The number of esters is 1. The molecular weight excluding hydrogens is 524 g/mol. The lowest BCUT2D eigenvalue weighted by atomic mass is 9.39. The zero-order valence-corrected chi connectivity index (χ0v) is 25.4. The molecule has 5 aliphatic rings. The maximum absolute atomic E-state index is 13.3. The fraction of sp³-hybridized carbons (Fsp3) is 0.727. The van der Waals surface area contributed by atoms with Gasteiger partial charge in [0, 0.05) is 53.1 Å². The summed E-state index contributed by atoms with van der Waals surface area (Å²) >= 11 is 0. The van der Waals surface area contributed by atoms with Crippen molar-refractivity contribution in [2.75, 3.05) is 13.2 Å². The number of rotatable bonds is 5. The first-order valence-electron chi connectivity index (χ1n) is 15.2. The van der Waals surface area contributed by atoms with E-state index < -0.39 is 47.0 Å². The van der Waals surface area contributed by atoms with Crippen LogP contribution in [0.3, 0.4) is 0 Å². The lowest BCUT2D eigenvalue weighted by Gasteiger charge is -2.66. The van der Waals surface area contributed by atoms with E-state index in [1.807, 2.05) is 19.9 Å². The molecule has 8 heteroatoms. The molecule has 1 aromatic heterocycles. The van der Waals surface area contributed by atoms with Crippen molar-refractivity contribution in [3.63, 3.8) is 0 Å². The molecule has 1 aromatic rings. The molecular formula is C33H46O8. The Labute approximate surface area is 243 Å². The molecule has 0 spiro atoms. The number of hydrogen-bond donors (Lipinski definition) is 2. The van der Waals surface area contributed by atoms with Crippen LogP contribution in [-0.2, 0) is 23.7 Å². The number of aliphatic hydroxyl groups excluding tert-OH is 2. The number of aliphatic hydroxyl groups is 2. The maximum Gasteiger partial charge on any atom is 0.333 e. The highest BCUT2D eigenvalue weighted by Gasteiger charge is 2.76. The van der Waals surface area contributed by atoms with Crippen molar-refractivity contribution < 1.29 is 38.4 Å². The van der Waals surface area contributed by atoms with Crippen LogP contribution in [0.2, 0.25) is 0 Å². The second kappa shape index (κ2) is 10.1. The van der Waals surface area contributed by atoms with Crippen LogP contribution >= 0.6 is 0 Å². The minimum Gasteiger partial charge on any atom is -0.472 e. The SMILES string of the molecule is C/C=C(\C)C(=O)O[C@@H]1C[C@H](O)[C@]2(C)CO[C@H]3[C@H]2[C@]1(C)[C@@H]1C[C@@H](OCC)OC2C[C@H](c4ccoc4)C(C)=C2[C@@]1(C)[C@H]3O. The van der Waals surface area contributed by atoms with Crippen molar-refractivity contribution in [1.29, 1.82) is 0 Å². The van der Waals surface area contributed by atoms with Crippen molar-refractivity contribution in [2.45, 2.75) is 110 Å². The quantitative estimate of drug-likeness (QED) is 0.292. The summed E-state index contributed by atoms with van der Waals surface area (Å²) in [5.74, 6) is -0.698. The van der Waals surface area contributed by atoms with Gasteiger partial charge in [0.2, 0.25) is 0 Å². The van der Waals surface area contributed by atoms with Gasteiger partial charge in [0.15, 0.2) is 6.29 Å². The van der Waals surface area contributed by atoms with Gasteiger partial charge in [-0.25, -0.2) is 4.79 Å². The Morgan fingerprint density at radius 1 is 1.20 bits per heavy atom. The Hall–Kier alpha value is -1.97. The van der Waals surface area contributed by atoms with Crippen LogP contribution in [-0.4, -0.2) is 66.2 Å².